The second-order valence-electron chi connectivity index (χ2n) is 5.33. The first-order valence-corrected chi connectivity index (χ1v) is 8.84. The maximum Gasteiger partial charge on any atom is 0.306 e. The molecule has 23 heavy (non-hydrogen) atoms. The minimum absolute atomic E-state index is 0.186. The van der Waals surface area contributed by atoms with Gasteiger partial charge in [0, 0.05) is 20.2 Å². The average Bonchev–Trinajstić information content (AvgIpc) is 2.55. The van der Waals surface area contributed by atoms with Crippen molar-refractivity contribution in [3.05, 3.63) is 24.3 Å². The number of benzene rings is 1. The van der Waals surface area contributed by atoms with Crippen molar-refractivity contribution < 1.29 is 27.8 Å². The molecule has 1 fully saturated rings. The number of carbonyl (C=O) groups is 1. The first-order valence-electron chi connectivity index (χ1n) is 7.40. The van der Waals surface area contributed by atoms with Crippen LogP contribution in [-0.2, 0) is 19.6 Å². The Kier molecular flexibility index (Phi) is 5.97. The molecule has 0 unspecified atom stereocenters. The number of methoxy groups -OCH3 is 1. The van der Waals surface area contributed by atoms with Gasteiger partial charge in [0.1, 0.15) is 12.4 Å². The molecule has 2 rings (SSSR count). The Hall–Kier alpha value is -1.64. The predicted octanol–water partition coefficient (Wildman–Crippen LogP) is 1.20. The Morgan fingerprint density at radius 2 is 1.83 bits per heavy atom. The fourth-order valence-electron chi connectivity index (χ4n) is 2.44. The quantitative estimate of drug-likeness (QED) is 0.748. The highest BCUT2D eigenvalue weighted by Gasteiger charge is 2.31. The van der Waals surface area contributed by atoms with Crippen molar-refractivity contribution in [3.8, 4) is 5.75 Å². The molecule has 128 valence electrons. The molecule has 1 aliphatic rings. The van der Waals surface area contributed by atoms with Crippen molar-refractivity contribution in [3.63, 3.8) is 0 Å². The lowest BCUT2D eigenvalue weighted by molar-refractivity contribution is -0.142. The molecule has 1 saturated heterocycles. The maximum absolute atomic E-state index is 12.6. The number of rotatable bonds is 7. The van der Waals surface area contributed by atoms with Gasteiger partial charge in [-0.3, -0.25) is 4.79 Å². The number of hydrogen-bond acceptors (Lipinski definition) is 5. The number of aliphatic carboxylic acids is 1. The number of ether oxygens (including phenoxy) is 2. The van der Waals surface area contributed by atoms with Crippen molar-refractivity contribution in [1.82, 2.24) is 4.31 Å². The number of nitrogens with zero attached hydrogens (tertiary/aromatic N) is 1. The average molecular weight is 343 g/mol. The van der Waals surface area contributed by atoms with E-state index in [9.17, 15) is 13.2 Å². The summed E-state index contributed by atoms with van der Waals surface area (Å²) in [5.41, 5.74) is 0. The lowest BCUT2D eigenvalue weighted by Gasteiger charge is -2.29. The van der Waals surface area contributed by atoms with E-state index in [0.29, 0.717) is 31.8 Å². The third kappa shape index (κ3) is 4.43. The highest BCUT2D eigenvalue weighted by atomic mass is 32.2. The van der Waals surface area contributed by atoms with E-state index in [4.69, 9.17) is 14.6 Å². The molecule has 0 amide bonds. The van der Waals surface area contributed by atoms with E-state index in [2.05, 4.69) is 0 Å². The number of sulfonamides is 1. The standard InChI is InChI=1S/C15H21NO6S/c1-21-10-11-22-13-2-4-14(5-3-13)23(19,20)16-8-6-12(7-9-16)15(17)18/h2-5,12H,6-11H2,1H3,(H,17,18). The van der Waals surface area contributed by atoms with E-state index in [1.807, 2.05) is 0 Å². The van der Waals surface area contributed by atoms with Crippen LogP contribution in [0, 0.1) is 5.92 Å². The van der Waals surface area contributed by atoms with Gasteiger partial charge in [-0.25, -0.2) is 8.42 Å². The Morgan fingerprint density at radius 1 is 1.22 bits per heavy atom. The fraction of sp³-hybridized carbons (Fsp3) is 0.533. The van der Waals surface area contributed by atoms with Gasteiger partial charge in [-0.1, -0.05) is 0 Å². The molecule has 0 spiro atoms. The van der Waals surface area contributed by atoms with Crippen LogP contribution in [0.3, 0.4) is 0 Å². The highest BCUT2D eigenvalue weighted by molar-refractivity contribution is 7.89. The van der Waals surface area contributed by atoms with Gasteiger partial charge in [0.2, 0.25) is 10.0 Å². The van der Waals surface area contributed by atoms with Crippen molar-refractivity contribution in [2.45, 2.75) is 17.7 Å². The molecule has 0 atom stereocenters. The van der Waals surface area contributed by atoms with Crippen LogP contribution in [0.4, 0.5) is 0 Å². The summed E-state index contributed by atoms with van der Waals surface area (Å²) in [6, 6.07) is 6.21. The van der Waals surface area contributed by atoms with Crippen molar-refractivity contribution >= 4 is 16.0 Å². The first kappa shape index (κ1) is 17.7. The summed E-state index contributed by atoms with van der Waals surface area (Å²) < 4.78 is 36.7. The van der Waals surface area contributed by atoms with Crippen molar-refractivity contribution in [1.29, 1.82) is 0 Å². The fourth-order valence-corrected chi connectivity index (χ4v) is 3.91. The smallest absolute Gasteiger partial charge is 0.306 e. The zero-order chi connectivity index (χ0) is 16.9. The van der Waals surface area contributed by atoms with Gasteiger partial charge >= 0.3 is 5.97 Å². The lowest BCUT2D eigenvalue weighted by atomic mass is 9.99. The first-order chi connectivity index (χ1) is 10.9. The predicted molar refractivity (Wildman–Crippen MR) is 82.9 cm³/mol. The van der Waals surface area contributed by atoms with Crippen LogP contribution in [0.15, 0.2) is 29.2 Å². The van der Waals surface area contributed by atoms with Crippen LogP contribution >= 0.6 is 0 Å². The van der Waals surface area contributed by atoms with Gasteiger partial charge in [0.25, 0.3) is 0 Å². The summed E-state index contributed by atoms with van der Waals surface area (Å²) >= 11 is 0. The Morgan fingerprint density at radius 3 is 2.35 bits per heavy atom. The number of hydrogen-bond donors (Lipinski definition) is 1. The third-order valence-corrected chi connectivity index (χ3v) is 5.73. The summed E-state index contributed by atoms with van der Waals surface area (Å²) in [5, 5.41) is 8.97. The number of piperidine rings is 1. The topological polar surface area (TPSA) is 93.1 Å². The van der Waals surface area contributed by atoms with E-state index in [0.717, 1.165) is 0 Å². The van der Waals surface area contributed by atoms with Crippen LogP contribution in [-0.4, -0.2) is 57.2 Å². The number of carboxylic acids is 1. The summed E-state index contributed by atoms with van der Waals surface area (Å²) in [6.45, 7) is 1.31. The van der Waals surface area contributed by atoms with E-state index in [1.165, 1.54) is 16.4 Å². The summed E-state index contributed by atoms with van der Waals surface area (Å²) in [6.07, 6.45) is 0.680. The van der Waals surface area contributed by atoms with Gasteiger partial charge in [0.15, 0.2) is 0 Å². The second kappa shape index (κ2) is 7.76. The summed E-state index contributed by atoms with van der Waals surface area (Å²) in [7, 11) is -2.02. The maximum atomic E-state index is 12.6. The molecule has 1 aliphatic heterocycles. The summed E-state index contributed by atoms with van der Waals surface area (Å²) in [5.74, 6) is -0.747. The van der Waals surface area contributed by atoms with Crippen LogP contribution < -0.4 is 4.74 Å². The van der Waals surface area contributed by atoms with E-state index >= 15 is 0 Å². The Labute approximate surface area is 135 Å². The molecular formula is C15H21NO6S. The molecule has 0 radical (unpaired) electrons. The zero-order valence-corrected chi connectivity index (χ0v) is 13.8. The van der Waals surface area contributed by atoms with Gasteiger partial charge in [-0.05, 0) is 37.1 Å². The van der Waals surface area contributed by atoms with Crippen LogP contribution in [0.25, 0.3) is 0 Å². The molecule has 0 aliphatic carbocycles. The molecule has 1 N–H and O–H groups in total. The van der Waals surface area contributed by atoms with Gasteiger partial charge in [-0.2, -0.15) is 4.31 Å². The summed E-state index contributed by atoms with van der Waals surface area (Å²) in [4.78, 5) is 11.1. The Bertz CT molecular complexity index is 620. The molecule has 1 aromatic carbocycles. The third-order valence-electron chi connectivity index (χ3n) is 3.82. The van der Waals surface area contributed by atoms with E-state index in [1.54, 1.807) is 19.2 Å². The zero-order valence-electron chi connectivity index (χ0n) is 13.0. The highest BCUT2D eigenvalue weighted by Crippen LogP contribution is 2.25. The van der Waals surface area contributed by atoms with Crippen LogP contribution in [0.2, 0.25) is 0 Å². The lowest BCUT2D eigenvalue weighted by Crippen LogP contribution is -2.40. The molecule has 7 nitrogen and oxygen atoms in total. The molecule has 1 heterocycles. The number of carboxylic acid groups (broad SMARTS) is 1. The largest absolute Gasteiger partial charge is 0.491 e. The molecule has 0 bridgehead atoms. The molecule has 0 aromatic heterocycles. The minimum Gasteiger partial charge on any atom is -0.491 e. The van der Waals surface area contributed by atoms with Crippen LogP contribution in [0.1, 0.15) is 12.8 Å². The molecular weight excluding hydrogens is 322 g/mol. The molecule has 1 aromatic rings. The van der Waals surface area contributed by atoms with E-state index in [-0.39, 0.29) is 18.0 Å². The van der Waals surface area contributed by atoms with E-state index < -0.39 is 21.9 Å². The second-order valence-corrected chi connectivity index (χ2v) is 7.27. The molecule has 8 heteroatoms. The SMILES string of the molecule is COCCOc1ccc(S(=O)(=O)N2CCC(C(=O)O)CC2)cc1. The van der Waals surface area contributed by atoms with Gasteiger partial charge < -0.3 is 14.6 Å². The van der Waals surface area contributed by atoms with Gasteiger partial charge in [-0.15, -0.1) is 0 Å². The van der Waals surface area contributed by atoms with Crippen molar-refractivity contribution in [2.75, 3.05) is 33.4 Å². The van der Waals surface area contributed by atoms with Crippen molar-refractivity contribution in [2.24, 2.45) is 5.92 Å². The monoisotopic (exact) mass is 343 g/mol. The normalized spacial score (nSPS) is 17.1. The Balaban J connectivity index is 2.01. The van der Waals surface area contributed by atoms with Crippen LogP contribution in [0.5, 0.6) is 5.75 Å². The minimum atomic E-state index is -3.59. The van der Waals surface area contributed by atoms with Gasteiger partial charge in [0.05, 0.1) is 17.4 Å². The molecule has 0 saturated carbocycles.